The van der Waals surface area contributed by atoms with E-state index in [1.54, 1.807) is 0 Å². The first-order chi connectivity index (χ1) is 13.0. The summed E-state index contributed by atoms with van der Waals surface area (Å²) in [7, 11) is -0.869. The van der Waals surface area contributed by atoms with E-state index in [-0.39, 0.29) is 30.3 Å². The highest BCUT2D eigenvalue weighted by Crippen LogP contribution is 2.89. The van der Waals surface area contributed by atoms with Gasteiger partial charge in [-0.3, -0.25) is 4.79 Å². The highest BCUT2D eigenvalue weighted by molar-refractivity contribution is 6.60. The van der Waals surface area contributed by atoms with Crippen LogP contribution in [0.3, 0.4) is 0 Å². The highest BCUT2D eigenvalue weighted by atomic mass is 16.7. The fourth-order valence-corrected chi connectivity index (χ4v) is 5.40. The van der Waals surface area contributed by atoms with Gasteiger partial charge in [-0.25, -0.2) is 0 Å². The van der Waals surface area contributed by atoms with Gasteiger partial charge in [0.25, 0.3) is 0 Å². The minimum atomic E-state index is -0.574. The van der Waals surface area contributed by atoms with Crippen molar-refractivity contribution in [2.75, 3.05) is 0 Å². The van der Waals surface area contributed by atoms with Crippen LogP contribution in [0.2, 0.25) is 11.1 Å². The van der Waals surface area contributed by atoms with Gasteiger partial charge in [-0.1, -0.05) is 0 Å². The average Bonchev–Trinajstić information content (AvgIpc) is 2.73. The molecule has 8 heteroatoms. The molecule has 0 aromatic carbocycles. The summed E-state index contributed by atoms with van der Waals surface area (Å²) >= 11 is 0. The number of carbonyl (C=O) groups is 1. The molecule has 162 valence electrons. The van der Waals surface area contributed by atoms with Crippen LogP contribution in [-0.2, 0) is 28.1 Å². The minimum Gasteiger partial charge on any atom is -0.463 e. The maximum absolute atomic E-state index is 13.1. The normalized spacial score (nSPS) is 40.6. The Kier molecular flexibility index (Phi) is 4.34. The van der Waals surface area contributed by atoms with Crippen LogP contribution in [0, 0.1) is 5.41 Å². The van der Waals surface area contributed by atoms with Gasteiger partial charge >= 0.3 is 20.2 Å². The lowest BCUT2D eigenvalue weighted by atomic mass is 9.13. The molecule has 2 bridgehead atoms. The van der Waals surface area contributed by atoms with Crippen molar-refractivity contribution in [3.8, 4) is 0 Å². The Balaban J connectivity index is 1.65. The lowest BCUT2D eigenvalue weighted by Crippen LogP contribution is -2.75. The minimum absolute atomic E-state index is 0.142. The number of hydrogen-bond acceptors (Lipinski definition) is 6. The van der Waals surface area contributed by atoms with Gasteiger partial charge in [-0.15, -0.1) is 0 Å². The third kappa shape index (κ3) is 2.68. The zero-order chi connectivity index (χ0) is 21.8. The SMILES string of the molecule is CC(C)OC(=O)C12CC(B3OC(C)(C)C(C)(C)O3)(C1)C2B1OC(C)(C)C(C)(C)O1. The van der Waals surface area contributed by atoms with Crippen LogP contribution in [0.15, 0.2) is 0 Å². The fraction of sp³-hybridized carbons (Fsp3) is 0.952. The summed E-state index contributed by atoms with van der Waals surface area (Å²) < 4.78 is 31.3. The first-order valence-corrected chi connectivity index (χ1v) is 10.9. The first-order valence-electron chi connectivity index (χ1n) is 10.9. The van der Waals surface area contributed by atoms with Crippen LogP contribution in [-0.4, -0.2) is 48.7 Å². The molecule has 3 saturated carbocycles. The molecule has 6 nitrogen and oxygen atoms in total. The molecule has 29 heavy (non-hydrogen) atoms. The molecular weight excluding hydrogens is 370 g/mol. The lowest BCUT2D eigenvalue weighted by molar-refractivity contribution is -0.197. The van der Waals surface area contributed by atoms with E-state index < -0.39 is 34.9 Å². The third-order valence-electron chi connectivity index (χ3n) is 8.52. The molecule has 2 aliphatic heterocycles. The largest absolute Gasteiger partial charge is 0.464 e. The Labute approximate surface area is 176 Å². The van der Waals surface area contributed by atoms with E-state index in [1.807, 2.05) is 41.5 Å². The molecule has 5 rings (SSSR count). The Hall–Kier alpha value is -0.560. The number of ether oxygens (including phenoxy) is 1. The third-order valence-corrected chi connectivity index (χ3v) is 8.52. The Morgan fingerprint density at radius 1 is 0.828 bits per heavy atom. The van der Waals surface area contributed by atoms with E-state index >= 15 is 0 Å². The standard InChI is InChI=1S/C21H36B2O6/c1-13(2)25-15(24)20-11-21(12-20,23-28-18(7,8)19(9,10)29-23)14(20)22-26-16(3,4)17(5,6)27-22/h13-14H,11-12H2,1-10H3. The zero-order valence-electron chi connectivity index (χ0n) is 19.7. The van der Waals surface area contributed by atoms with Crippen molar-refractivity contribution < 1.29 is 28.1 Å². The van der Waals surface area contributed by atoms with Crippen LogP contribution in [0.5, 0.6) is 0 Å². The van der Waals surface area contributed by atoms with Crippen molar-refractivity contribution in [3.05, 3.63) is 0 Å². The molecule has 1 unspecified atom stereocenters. The molecule has 0 amide bonds. The summed E-state index contributed by atoms with van der Waals surface area (Å²) in [6.07, 6.45) is 1.23. The predicted molar refractivity (Wildman–Crippen MR) is 112 cm³/mol. The number of carbonyl (C=O) groups excluding carboxylic acids is 1. The van der Waals surface area contributed by atoms with Gasteiger partial charge in [-0.05, 0) is 82.1 Å². The first kappa shape index (κ1) is 21.7. The molecule has 5 fully saturated rings. The second-order valence-electron chi connectivity index (χ2n) is 11.9. The van der Waals surface area contributed by atoms with Crippen LogP contribution >= 0.6 is 0 Å². The second-order valence-corrected chi connectivity index (χ2v) is 11.9. The van der Waals surface area contributed by atoms with Crippen molar-refractivity contribution in [1.29, 1.82) is 0 Å². The average molecular weight is 406 g/mol. The molecule has 0 spiro atoms. The van der Waals surface area contributed by atoms with Crippen LogP contribution in [0.25, 0.3) is 0 Å². The van der Waals surface area contributed by atoms with Crippen LogP contribution < -0.4 is 0 Å². The van der Waals surface area contributed by atoms with Crippen molar-refractivity contribution >= 4 is 20.2 Å². The highest BCUT2D eigenvalue weighted by Gasteiger charge is 2.89. The molecule has 5 aliphatic rings. The monoisotopic (exact) mass is 406 g/mol. The maximum atomic E-state index is 13.1. The lowest BCUT2D eigenvalue weighted by Gasteiger charge is -2.74. The summed E-state index contributed by atoms with van der Waals surface area (Å²) in [6, 6.07) is 0. The van der Waals surface area contributed by atoms with E-state index in [2.05, 4.69) is 27.7 Å². The summed E-state index contributed by atoms with van der Waals surface area (Å²) in [5.41, 5.74) is -2.33. The molecule has 3 aliphatic carbocycles. The molecule has 2 saturated heterocycles. The summed E-state index contributed by atoms with van der Waals surface area (Å²) in [4.78, 5) is 13.1. The molecule has 0 aromatic rings. The molecule has 0 aromatic heterocycles. The van der Waals surface area contributed by atoms with Crippen LogP contribution in [0.4, 0.5) is 0 Å². The van der Waals surface area contributed by atoms with Crippen molar-refractivity contribution in [1.82, 2.24) is 0 Å². The van der Waals surface area contributed by atoms with Crippen molar-refractivity contribution in [2.45, 2.75) is 122 Å². The van der Waals surface area contributed by atoms with Gasteiger partial charge in [0.1, 0.15) is 0 Å². The number of rotatable bonds is 4. The summed E-state index contributed by atoms with van der Waals surface area (Å²) in [6.45, 7) is 20.2. The van der Waals surface area contributed by atoms with Gasteiger partial charge in [-0.2, -0.15) is 0 Å². The van der Waals surface area contributed by atoms with E-state index in [1.165, 1.54) is 0 Å². The van der Waals surface area contributed by atoms with E-state index in [4.69, 9.17) is 23.4 Å². The van der Waals surface area contributed by atoms with E-state index in [0.717, 1.165) is 0 Å². The quantitative estimate of drug-likeness (QED) is 0.519. The molecule has 2 heterocycles. The molecular formula is C21H36B2O6. The summed E-state index contributed by atoms with van der Waals surface area (Å²) in [5.74, 6) is -0.289. The van der Waals surface area contributed by atoms with Crippen molar-refractivity contribution in [2.24, 2.45) is 5.41 Å². The number of hydrogen-bond donors (Lipinski definition) is 0. The summed E-state index contributed by atoms with van der Waals surface area (Å²) in [5, 5.41) is -0.289. The fourth-order valence-electron chi connectivity index (χ4n) is 5.40. The topological polar surface area (TPSA) is 63.2 Å². The van der Waals surface area contributed by atoms with Gasteiger partial charge in [0.15, 0.2) is 0 Å². The molecule has 1 atom stereocenters. The van der Waals surface area contributed by atoms with E-state index in [9.17, 15) is 4.79 Å². The van der Waals surface area contributed by atoms with Gasteiger partial charge in [0.2, 0.25) is 0 Å². The van der Waals surface area contributed by atoms with Crippen LogP contribution in [0.1, 0.15) is 82.1 Å². The van der Waals surface area contributed by atoms with Gasteiger partial charge < -0.3 is 23.4 Å². The smallest absolute Gasteiger partial charge is 0.463 e. The Morgan fingerprint density at radius 3 is 1.66 bits per heavy atom. The predicted octanol–water partition coefficient (Wildman–Crippen LogP) is 4.03. The molecule has 0 N–H and O–H groups in total. The van der Waals surface area contributed by atoms with Crippen molar-refractivity contribution in [3.63, 3.8) is 0 Å². The Morgan fingerprint density at radius 2 is 1.24 bits per heavy atom. The maximum Gasteiger partial charge on any atom is 0.464 e. The zero-order valence-corrected chi connectivity index (χ0v) is 19.7. The number of esters is 1. The van der Waals surface area contributed by atoms with Gasteiger partial charge in [0, 0.05) is 11.1 Å². The molecule has 0 radical (unpaired) electrons. The van der Waals surface area contributed by atoms with Gasteiger partial charge in [0.05, 0.1) is 33.9 Å². The van der Waals surface area contributed by atoms with E-state index in [0.29, 0.717) is 12.8 Å². The Bertz CT molecular complexity index is 691. The second kappa shape index (κ2) is 5.81.